The molecule has 258 valence electrons. The van der Waals surface area contributed by atoms with Gasteiger partial charge in [0.25, 0.3) is 17.9 Å². The van der Waals surface area contributed by atoms with Gasteiger partial charge in [0.05, 0.1) is 31.0 Å². The summed E-state index contributed by atoms with van der Waals surface area (Å²) in [5.74, 6) is -2.33. The van der Waals surface area contributed by atoms with Crippen molar-refractivity contribution in [3.8, 4) is 16.9 Å². The van der Waals surface area contributed by atoms with Crippen molar-refractivity contribution in [1.29, 1.82) is 0 Å². The summed E-state index contributed by atoms with van der Waals surface area (Å²) in [6.45, 7) is 5.32. The van der Waals surface area contributed by atoms with Crippen molar-refractivity contribution in [3.63, 3.8) is 0 Å². The number of nitrogens with zero attached hydrogens (tertiary/aromatic N) is 5. The van der Waals surface area contributed by atoms with Crippen LogP contribution >= 0.6 is 11.3 Å². The van der Waals surface area contributed by atoms with E-state index in [-0.39, 0.29) is 10.8 Å². The van der Waals surface area contributed by atoms with E-state index in [1.54, 1.807) is 12.1 Å². The smallest absolute Gasteiger partial charge is 0.420 e. The first-order valence-electron chi connectivity index (χ1n) is 14.5. The average molecular weight is 708 g/mol. The van der Waals surface area contributed by atoms with Crippen LogP contribution in [0.25, 0.3) is 11.1 Å². The predicted molar refractivity (Wildman–Crippen MR) is 168 cm³/mol. The number of β-lactam (4-membered cyclic amide) rings is 1. The van der Waals surface area contributed by atoms with Crippen LogP contribution in [-0.2, 0) is 51.7 Å². The zero-order valence-electron chi connectivity index (χ0n) is 26.4. The Morgan fingerprint density at radius 3 is 2.54 bits per heavy atom. The second-order valence-electron chi connectivity index (χ2n) is 11.6. The number of carbonyl (C=O) groups is 3. The fourth-order valence-corrected chi connectivity index (χ4v) is 5.92. The largest absolute Gasteiger partial charge is 0.489 e. The Balaban J connectivity index is 1.24. The Hall–Kier alpha value is -4.63. The molecule has 0 unspecified atom stereocenters. The number of hydrogen-bond donors (Lipinski definition) is 4. The van der Waals surface area contributed by atoms with Gasteiger partial charge in [0, 0.05) is 24.4 Å². The molecule has 0 bridgehead atoms. The first-order chi connectivity index (χ1) is 22.7. The van der Waals surface area contributed by atoms with Gasteiger partial charge in [0.2, 0.25) is 6.20 Å². The van der Waals surface area contributed by atoms with E-state index in [9.17, 15) is 27.9 Å². The van der Waals surface area contributed by atoms with Crippen molar-refractivity contribution in [2.45, 2.75) is 38.1 Å². The molecule has 2 fully saturated rings. The number of carbonyl (C=O) groups excluding carboxylic acids is 2. The second kappa shape index (κ2) is 13.8. The number of nitrogen functional groups attached to an aromatic ring is 1. The molecule has 2 aromatic heterocycles. The third kappa shape index (κ3) is 7.57. The monoisotopic (exact) mass is 707 g/mol. The molecule has 2 amide bonds. The highest BCUT2D eigenvalue weighted by Gasteiger charge is 2.58. The number of amides is 2. The summed E-state index contributed by atoms with van der Waals surface area (Å²) < 4.78 is 42.1. The molecule has 1 aromatic carbocycles. The fourth-order valence-electron chi connectivity index (χ4n) is 4.86. The number of rotatable bonds is 15. The number of aryl methyl sites for hydroxylation is 1. The number of anilines is 1. The lowest BCUT2D eigenvalue weighted by Gasteiger charge is -2.50. The quantitative estimate of drug-likeness (QED) is 0.0672. The third-order valence-corrected chi connectivity index (χ3v) is 9.18. The van der Waals surface area contributed by atoms with E-state index in [1.807, 2.05) is 30.1 Å². The number of carboxylic acid groups (broad SMARTS) is 1. The number of carboxylic acids is 1. The van der Waals surface area contributed by atoms with Crippen LogP contribution in [0.1, 0.15) is 19.5 Å². The molecule has 2 aliphatic heterocycles. The molecule has 5 N–H and O–H groups in total. The normalized spacial score (nSPS) is 18.5. The van der Waals surface area contributed by atoms with Gasteiger partial charge < -0.3 is 31.0 Å². The summed E-state index contributed by atoms with van der Waals surface area (Å²) in [6, 6.07) is 5.84. The summed E-state index contributed by atoms with van der Waals surface area (Å²) in [6.07, 6.45) is 2.44. The number of nitrogens with two attached hydrogens (primary N) is 1. The lowest BCUT2D eigenvalue weighted by atomic mass is 9.84. The first-order valence-corrected chi connectivity index (χ1v) is 16.7. The maximum absolute atomic E-state index is 13.3. The van der Waals surface area contributed by atoms with Crippen molar-refractivity contribution in [1.82, 2.24) is 25.4 Å². The molecule has 18 nitrogen and oxygen atoms in total. The summed E-state index contributed by atoms with van der Waals surface area (Å²) in [4.78, 5) is 47.3. The molecule has 5 rings (SSSR count). The van der Waals surface area contributed by atoms with Crippen LogP contribution in [0.2, 0.25) is 0 Å². The van der Waals surface area contributed by atoms with E-state index < -0.39 is 58.2 Å². The van der Waals surface area contributed by atoms with Crippen LogP contribution in [-0.4, -0.2) is 96.2 Å². The number of hydroxylamine groups is 2. The maximum Gasteiger partial charge on any atom is 0.420 e. The molecular formula is C28H35N8O10S2+. The Morgan fingerprint density at radius 1 is 1.27 bits per heavy atom. The number of ether oxygens (including phenoxy) is 1. The van der Waals surface area contributed by atoms with Crippen LogP contribution in [0.5, 0.6) is 5.75 Å². The van der Waals surface area contributed by atoms with Gasteiger partial charge in [-0.15, -0.1) is 20.3 Å². The molecule has 0 saturated carbocycles. The number of aromatic nitrogens is 3. The van der Waals surface area contributed by atoms with E-state index in [0.717, 1.165) is 49.2 Å². The molecule has 0 radical (unpaired) electrons. The van der Waals surface area contributed by atoms with Crippen LogP contribution in [0.4, 0.5) is 5.13 Å². The number of hydrogen-bond acceptors (Lipinski definition) is 14. The van der Waals surface area contributed by atoms with Crippen LogP contribution in [0, 0.1) is 5.92 Å². The van der Waals surface area contributed by atoms with Gasteiger partial charge >= 0.3 is 16.4 Å². The van der Waals surface area contributed by atoms with Gasteiger partial charge in [-0.25, -0.2) is 9.78 Å². The lowest BCUT2D eigenvalue weighted by Crippen LogP contribution is -2.76. The maximum atomic E-state index is 13.3. The summed E-state index contributed by atoms with van der Waals surface area (Å²) in [5, 5.41) is 21.3. The first kappa shape index (κ1) is 34.7. The number of oxime groups is 1. The van der Waals surface area contributed by atoms with Crippen molar-refractivity contribution in [2.24, 2.45) is 18.1 Å². The van der Waals surface area contributed by atoms with Crippen LogP contribution in [0.3, 0.4) is 0 Å². The highest BCUT2D eigenvalue weighted by molar-refractivity contribution is 7.81. The van der Waals surface area contributed by atoms with E-state index >= 15 is 0 Å². The Bertz CT molecular complexity index is 1820. The minimum Gasteiger partial charge on any atom is -0.489 e. The van der Waals surface area contributed by atoms with Gasteiger partial charge in [-0.3, -0.25) is 13.8 Å². The number of nitrogens with one attached hydrogen (secondary N) is 2. The molecule has 48 heavy (non-hydrogen) atoms. The lowest BCUT2D eigenvalue weighted by molar-refractivity contribution is -0.754. The Kier molecular flexibility index (Phi) is 10.0. The van der Waals surface area contributed by atoms with Gasteiger partial charge in [-0.2, -0.15) is 18.2 Å². The van der Waals surface area contributed by atoms with Crippen molar-refractivity contribution < 1.29 is 50.6 Å². The molecule has 2 atom stereocenters. The number of aliphatic carboxylic acids is 1. The molecule has 3 aromatic rings. The Morgan fingerprint density at radius 2 is 1.98 bits per heavy atom. The van der Waals surface area contributed by atoms with Gasteiger partial charge in [-0.1, -0.05) is 17.3 Å². The topological polar surface area (TPSA) is 230 Å². The number of benzene rings is 1. The zero-order valence-corrected chi connectivity index (χ0v) is 28.0. The predicted octanol–water partition coefficient (Wildman–Crippen LogP) is -0.581. The van der Waals surface area contributed by atoms with Gasteiger partial charge in [-0.05, 0) is 31.5 Å². The standard InChI is InChI=1S/C28H34N8O10S2/c1-28(2)23(25(38)36(28)46-48(41,42)43-4)32-24(37)22(20-15-47-27(29)31-20)33-45-21(26(39)40)14-44-19-7-5-17(6-8-19)18-12-34(3)35(13-18)11-16-9-30-10-16/h5-8,12-13,15-16,21,23,30H,9-11,14H2,1-4H3,(H3-,29,31,32,37,39,40)/p+1/b33-22-/t21-,23+/m0/s1. The fraction of sp³-hybridized carbons (Fsp3) is 0.429. The van der Waals surface area contributed by atoms with E-state index in [2.05, 4.69) is 40.1 Å². The van der Waals surface area contributed by atoms with Crippen LogP contribution in [0.15, 0.2) is 47.2 Å². The minimum absolute atomic E-state index is 0.0538. The van der Waals surface area contributed by atoms with Gasteiger partial charge in [0.1, 0.15) is 24.1 Å². The number of thiazole rings is 1. The van der Waals surface area contributed by atoms with Crippen LogP contribution < -0.4 is 25.8 Å². The van der Waals surface area contributed by atoms with Gasteiger partial charge in [0.15, 0.2) is 17.9 Å². The summed E-state index contributed by atoms with van der Waals surface area (Å²) in [7, 11) is -1.67. The molecule has 0 spiro atoms. The highest BCUT2D eigenvalue weighted by atomic mass is 32.3. The Labute approximate surface area is 279 Å². The molecular weight excluding hydrogens is 672 g/mol. The zero-order chi connectivity index (χ0) is 34.8. The van der Waals surface area contributed by atoms with E-state index in [1.165, 1.54) is 19.2 Å². The summed E-state index contributed by atoms with van der Waals surface area (Å²) >= 11 is 0.982. The highest BCUT2D eigenvalue weighted by Crippen LogP contribution is 2.33. The third-order valence-electron chi connectivity index (χ3n) is 7.77. The molecule has 4 heterocycles. The van der Waals surface area contributed by atoms with E-state index in [0.29, 0.717) is 16.7 Å². The SMILES string of the molecule is COS(=O)(=O)ON1C(=O)[C@@H](NC(=O)/C(=N\O[C@@H](COc2ccc(-c3cn(CC4CNC4)[n+](C)c3)cc2)C(=O)O)c2csc(N)n2)C1(C)C. The molecule has 20 heteroatoms. The van der Waals surface area contributed by atoms with Crippen molar-refractivity contribution in [2.75, 3.05) is 32.5 Å². The van der Waals surface area contributed by atoms with E-state index in [4.69, 9.17) is 15.3 Å². The summed E-state index contributed by atoms with van der Waals surface area (Å²) in [5.41, 5.74) is 5.80. The second-order valence-corrected chi connectivity index (χ2v) is 13.7. The molecule has 2 aliphatic rings. The minimum atomic E-state index is -4.51. The molecule has 0 aliphatic carbocycles. The van der Waals surface area contributed by atoms with Crippen molar-refractivity contribution in [3.05, 3.63) is 47.7 Å². The average Bonchev–Trinajstić information content (AvgIpc) is 3.62. The van der Waals surface area contributed by atoms with Crippen molar-refractivity contribution >= 4 is 50.4 Å². The molecule has 2 saturated heterocycles.